The number of carbonyl (C=O) groups is 3. The van der Waals surface area contributed by atoms with Crippen molar-refractivity contribution < 1.29 is 14.4 Å². The molecule has 20 heavy (non-hydrogen) atoms. The van der Waals surface area contributed by atoms with Crippen molar-refractivity contribution in [2.75, 3.05) is 12.4 Å². The number of allylic oxidation sites excluding steroid dienone is 1. The highest BCUT2D eigenvalue weighted by atomic mass is 35.5. The molecule has 1 amide bonds. The molecule has 0 aliphatic heterocycles. The molecule has 0 spiro atoms. The zero-order valence-corrected chi connectivity index (χ0v) is 12.2. The maximum Gasteiger partial charge on any atom is 0.252 e. The summed E-state index contributed by atoms with van der Waals surface area (Å²) in [6, 6.07) is 4.86. The van der Waals surface area contributed by atoms with E-state index >= 15 is 0 Å². The molecule has 0 bridgehead atoms. The van der Waals surface area contributed by atoms with Gasteiger partial charge in [0.1, 0.15) is 0 Å². The lowest BCUT2D eigenvalue weighted by Gasteiger charge is -2.09. The number of anilines is 1. The zero-order valence-electron chi connectivity index (χ0n) is 11.4. The second-order valence-electron chi connectivity index (χ2n) is 4.06. The lowest BCUT2D eigenvalue weighted by molar-refractivity contribution is -0.119. The molecule has 0 saturated heterocycles. The molecule has 0 saturated carbocycles. The van der Waals surface area contributed by atoms with Crippen LogP contribution in [0, 0.1) is 0 Å². The SMILES string of the molecule is CNC(=O)c1cccc(NC=C(C(C)=O)C(C)=O)c1Cl. The lowest BCUT2D eigenvalue weighted by Crippen LogP contribution is -2.18. The topological polar surface area (TPSA) is 75.3 Å². The number of Topliss-reactive ketones (excluding diaryl/α,β-unsaturated/α-hetero) is 2. The Balaban J connectivity index is 3.11. The highest BCUT2D eigenvalue weighted by Gasteiger charge is 2.13. The van der Waals surface area contributed by atoms with Gasteiger partial charge in [-0.05, 0) is 26.0 Å². The smallest absolute Gasteiger partial charge is 0.252 e. The van der Waals surface area contributed by atoms with E-state index in [0.29, 0.717) is 11.3 Å². The van der Waals surface area contributed by atoms with Gasteiger partial charge in [-0.15, -0.1) is 0 Å². The fourth-order valence-electron chi connectivity index (χ4n) is 1.55. The Morgan fingerprint density at radius 3 is 2.25 bits per heavy atom. The van der Waals surface area contributed by atoms with Crippen LogP contribution in [0.25, 0.3) is 0 Å². The molecular formula is C14H15ClN2O3. The van der Waals surface area contributed by atoms with Crippen LogP contribution < -0.4 is 10.6 Å². The number of amides is 1. The first kappa shape index (κ1) is 15.9. The quantitative estimate of drug-likeness (QED) is 0.496. The monoisotopic (exact) mass is 294 g/mol. The number of rotatable bonds is 5. The fourth-order valence-corrected chi connectivity index (χ4v) is 1.82. The van der Waals surface area contributed by atoms with Gasteiger partial charge in [0.25, 0.3) is 5.91 Å². The fraction of sp³-hybridized carbons (Fsp3) is 0.214. The van der Waals surface area contributed by atoms with Gasteiger partial charge in [0.15, 0.2) is 11.6 Å². The molecule has 0 aromatic heterocycles. The summed E-state index contributed by atoms with van der Waals surface area (Å²) < 4.78 is 0. The largest absolute Gasteiger partial charge is 0.360 e. The minimum atomic E-state index is -0.344. The van der Waals surface area contributed by atoms with Crippen LogP contribution in [0.4, 0.5) is 5.69 Å². The van der Waals surface area contributed by atoms with Crippen LogP contribution in [0.5, 0.6) is 0 Å². The summed E-state index contributed by atoms with van der Waals surface area (Å²) in [5.41, 5.74) is 0.777. The Morgan fingerprint density at radius 2 is 1.75 bits per heavy atom. The molecule has 0 radical (unpaired) electrons. The molecule has 0 atom stereocenters. The van der Waals surface area contributed by atoms with Crippen LogP contribution in [-0.2, 0) is 9.59 Å². The van der Waals surface area contributed by atoms with Crippen molar-refractivity contribution in [2.24, 2.45) is 0 Å². The minimum Gasteiger partial charge on any atom is -0.360 e. The van der Waals surface area contributed by atoms with E-state index < -0.39 is 0 Å². The maximum absolute atomic E-state index is 11.6. The molecule has 2 N–H and O–H groups in total. The standard InChI is InChI=1S/C14H15ClN2O3/c1-8(18)11(9(2)19)7-17-12-6-4-5-10(13(12)15)14(20)16-3/h4-7,17H,1-3H3,(H,16,20). The molecule has 0 heterocycles. The van der Waals surface area contributed by atoms with Gasteiger partial charge in [0.05, 0.1) is 21.8 Å². The van der Waals surface area contributed by atoms with Crippen LogP contribution in [-0.4, -0.2) is 24.5 Å². The second kappa shape index (κ2) is 6.86. The highest BCUT2D eigenvalue weighted by Crippen LogP contribution is 2.26. The first-order valence-corrected chi connectivity index (χ1v) is 6.25. The Kier molecular flexibility index (Phi) is 5.46. The van der Waals surface area contributed by atoms with E-state index in [4.69, 9.17) is 11.6 Å². The molecule has 1 rings (SSSR count). The third kappa shape index (κ3) is 3.68. The first-order valence-electron chi connectivity index (χ1n) is 5.87. The molecule has 1 aromatic rings. The summed E-state index contributed by atoms with van der Waals surface area (Å²) in [5.74, 6) is -1.01. The first-order chi connectivity index (χ1) is 9.38. The van der Waals surface area contributed by atoms with Gasteiger partial charge in [-0.2, -0.15) is 0 Å². The van der Waals surface area contributed by atoms with Crippen molar-refractivity contribution in [3.05, 3.63) is 40.6 Å². The summed E-state index contributed by atoms with van der Waals surface area (Å²) in [4.78, 5) is 34.2. The number of carbonyl (C=O) groups excluding carboxylic acids is 3. The van der Waals surface area contributed by atoms with Crippen molar-refractivity contribution in [1.29, 1.82) is 0 Å². The Morgan fingerprint density at radius 1 is 1.15 bits per heavy atom. The van der Waals surface area contributed by atoms with E-state index in [1.807, 2.05) is 0 Å². The van der Waals surface area contributed by atoms with E-state index in [1.54, 1.807) is 18.2 Å². The molecule has 5 nitrogen and oxygen atoms in total. The van der Waals surface area contributed by atoms with Gasteiger partial charge >= 0.3 is 0 Å². The van der Waals surface area contributed by atoms with Gasteiger partial charge in [0.2, 0.25) is 0 Å². The molecule has 6 heteroatoms. The van der Waals surface area contributed by atoms with Crippen LogP contribution in [0.2, 0.25) is 5.02 Å². The van der Waals surface area contributed by atoms with Gasteiger partial charge in [0, 0.05) is 13.2 Å². The molecule has 1 aromatic carbocycles. The molecular weight excluding hydrogens is 280 g/mol. The van der Waals surface area contributed by atoms with Gasteiger partial charge in [-0.1, -0.05) is 17.7 Å². The third-order valence-corrected chi connectivity index (χ3v) is 3.01. The average molecular weight is 295 g/mol. The van der Waals surface area contributed by atoms with E-state index in [0.717, 1.165) is 0 Å². The van der Waals surface area contributed by atoms with Crippen molar-refractivity contribution in [3.8, 4) is 0 Å². The zero-order chi connectivity index (χ0) is 15.3. The number of hydrogen-bond acceptors (Lipinski definition) is 4. The van der Waals surface area contributed by atoms with E-state index in [9.17, 15) is 14.4 Å². The number of nitrogens with one attached hydrogen (secondary N) is 2. The number of halogens is 1. The molecule has 0 fully saturated rings. The predicted octanol–water partition coefficient (Wildman–Crippen LogP) is 2.17. The highest BCUT2D eigenvalue weighted by molar-refractivity contribution is 6.36. The van der Waals surface area contributed by atoms with Gasteiger partial charge in [-0.25, -0.2) is 0 Å². The van der Waals surface area contributed by atoms with Crippen molar-refractivity contribution >= 4 is 34.8 Å². The van der Waals surface area contributed by atoms with Crippen molar-refractivity contribution in [3.63, 3.8) is 0 Å². The second-order valence-corrected chi connectivity index (χ2v) is 4.44. The number of hydrogen-bond donors (Lipinski definition) is 2. The van der Waals surface area contributed by atoms with Gasteiger partial charge in [-0.3, -0.25) is 14.4 Å². The van der Waals surface area contributed by atoms with Crippen molar-refractivity contribution in [1.82, 2.24) is 5.32 Å². The number of ketones is 2. The summed E-state index contributed by atoms with van der Waals surface area (Å²) in [6.45, 7) is 2.61. The van der Waals surface area contributed by atoms with E-state index in [1.165, 1.54) is 27.1 Å². The maximum atomic E-state index is 11.6. The third-order valence-electron chi connectivity index (χ3n) is 2.60. The lowest BCUT2D eigenvalue weighted by atomic mass is 10.1. The van der Waals surface area contributed by atoms with Crippen LogP contribution in [0.1, 0.15) is 24.2 Å². The predicted molar refractivity (Wildman–Crippen MR) is 77.9 cm³/mol. The Labute approximate surface area is 122 Å². The number of benzene rings is 1. The Bertz CT molecular complexity index is 578. The summed E-state index contributed by atoms with van der Waals surface area (Å²) in [7, 11) is 1.50. The summed E-state index contributed by atoms with van der Waals surface area (Å²) >= 11 is 6.10. The van der Waals surface area contributed by atoms with Gasteiger partial charge < -0.3 is 10.6 Å². The van der Waals surface area contributed by atoms with Crippen LogP contribution in [0.3, 0.4) is 0 Å². The van der Waals surface area contributed by atoms with Crippen LogP contribution >= 0.6 is 11.6 Å². The average Bonchev–Trinajstić information content (AvgIpc) is 2.39. The van der Waals surface area contributed by atoms with E-state index in [-0.39, 0.29) is 28.1 Å². The normalized spacial score (nSPS) is 9.60. The van der Waals surface area contributed by atoms with Crippen molar-refractivity contribution in [2.45, 2.75) is 13.8 Å². The summed E-state index contributed by atoms with van der Waals surface area (Å²) in [6.07, 6.45) is 1.29. The van der Waals surface area contributed by atoms with E-state index in [2.05, 4.69) is 10.6 Å². The summed E-state index contributed by atoms with van der Waals surface area (Å²) in [5, 5.41) is 5.47. The minimum absolute atomic E-state index is 0.0337. The molecule has 0 aliphatic rings. The molecule has 106 valence electrons. The Hall–Kier alpha value is -2.14. The molecule has 0 aliphatic carbocycles. The molecule has 0 unspecified atom stereocenters. The van der Waals surface area contributed by atoms with Crippen LogP contribution in [0.15, 0.2) is 30.0 Å².